The number of aliphatic hydroxyl groups is 1. The van der Waals surface area contributed by atoms with E-state index < -0.39 is 5.97 Å². The average Bonchev–Trinajstić information content (AvgIpc) is 2.37. The summed E-state index contributed by atoms with van der Waals surface area (Å²) in [6.07, 6.45) is 3.89. The molecule has 4 nitrogen and oxygen atoms in total. The normalized spacial score (nSPS) is 23.1. The Morgan fingerprint density at radius 3 is 2.74 bits per heavy atom. The van der Waals surface area contributed by atoms with Crippen LogP contribution in [-0.4, -0.2) is 28.8 Å². The Morgan fingerprint density at radius 1 is 1.32 bits per heavy atom. The molecule has 0 radical (unpaired) electrons. The number of rotatable bonds is 4. The van der Waals surface area contributed by atoms with Crippen molar-refractivity contribution in [3.63, 3.8) is 0 Å². The number of nitrogens with one attached hydrogen (secondary N) is 1. The zero-order chi connectivity index (χ0) is 13.8. The van der Waals surface area contributed by atoms with Gasteiger partial charge in [0.05, 0.1) is 11.7 Å². The first-order valence-corrected chi connectivity index (χ1v) is 7.31. The highest BCUT2D eigenvalue weighted by molar-refractivity contribution is 9.10. The summed E-state index contributed by atoms with van der Waals surface area (Å²) in [7, 11) is 0. The van der Waals surface area contributed by atoms with Crippen LogP contribution in [0.2, 0.25) is 0 Å². The molecule has 0 spiro atoms. The minimum absolute atomic E-state index is 0.243. The smallest absolute Gasteiger partial charge is 0.335 e. The maximum Gasteiger partial charge on any atom is 0.335 e. The van der Waals surface area contributed by atoms with E-state index >= 15 is 0 Å². The van der Waals surface area contributed by atoms with E-state index in [-0.39, 0.29) is 17.6 Å². The van der Waals surface area contributed by atoms with Crippen molar-refractivity contribution in [2.45, 2.75) is 31.8 Å². The first-order chi connectivity index (χ1) is 9.06. The molecule has 1 aliphatic carbocycles. The standard InChI is InChI=1S/C14H18BrNO3/c15-11-5-10(14(18)19)6-12(7-11)16-8-9-3-1-2-4-13(9)17/h5-7,9,13,16-17H,1-4,8H2,(H,18,19). The third kappa shape index (κ3) is 3.94. The second-order valence-electron chi connectivity index (χ2n) is 5.03. The Morgan fingerprint density at radius 2 is 2.05 bits per heavy atom. The van der Waals surface area contributed by atoms with Crippen molar-refractivity contribution >= 4 is 27.6 Å². The van der Waals surface area contributed by atoms with Crippen molar-refractivity contribution in [3.05, 3.63) is 28.2 Å². The van der Waals surface area contributed by atoms with Gasteiger partial charge in [-0.2, -0.15) is 0 Å². The second kappa shape index (κ2) is 6.39. The quantitative estimate of drug-likeness (QED) is 0.794. The van der Waals surface area contributed by atoms with E-state index in [0.717, 1.165) is 35.8 Å². The monoisotopic (exact) mass is 327 g/mol. The molecule has 1 fully saturated rings. The predicted octanol–water partition coefficient (Wildman–Crippen LogP) is 3.11. The van der Waals surface area contributed by atoms with Crippen molar-refractivity contribution in [1.82, 2.24) is 0 Å². The number of anilines is 1. The van der Waals surface area contributed by atoms with Crippen LogP contribution >= 0.6 is 15.9 Å². The predicted molar refractivity (Wildman–Crippen MR) is 77.6 cm³/mol. The number of halogens is 1. The Hall–Kier alpha value is -1.07. The fourth-order valence-electron chi connectivity index (χ4n) is 2.49. The molecule has 19 heavy (non-hydrogen) atoms. The van der Waals surface area contributed by atoms with Crippen LogP contribution in [-0.2, 0) is 0 Å². The largest absolute Gasteiger partial charge is 0.478 e. The Kier molecular flexibility index (Phi) is 4.82. The van der Waals surface area contributed by atoms with Crippen LogP contribution in [0.1, 0.15) is 36.0 Å². The third-order valence-corrected chi connectivity index (χ3v) is 4.04. The Bertz CT molecular complexity index is 464. The molecule has 1 aromatic carbocycles. The first kappa shape index (κ1) is 14.3. The molecule has 0 amide bonds. The fourth-order valence-corrected chi connectivity index (χ4v) is 2.98. The number of hydrogen-bond donors (Lipinski definition) is 3. The van der Waals surface area contributed by atoms with Crippen molar-refractivity contribution in [3.8, 4) is 0 Å². The van der Waals surface area contributed by atoms with E-state index in [0.29, 0.717) is 6.54 Å². The van der Waals surface area contributed by atoms with Crippen LogP contribution in [0.15, 0.2) is 22.7 Å². The van der Waals surface area contributed by atoms with Gasteiger partial charge in [0.2, 0.25) is 0 Å². The molecule has 1 saturated carbocycles. The summed E-state index contributed by atoms with van der Waals surface area (Å²) in [5.41, 5.74) is 1.02. The van der Waals surface area contributed by atoms with E-state index in [1.807, 2.05) is 6.07 Å². The van der Waals surface area contributed by atoms with Gasteiger partial charge in [0.15, 0.2) is 0 Å². The molecule has 3 N–H and O–H groups in total. The van der Waals surface area contributed by atoms with Gasteiger partial charge >= 0.3 is 5.97 Å². The summed E-state index contributed by atoms with van der Waals surface area (Å²) in [6.45, 7) is 0.677. The number of carboxylic acid groups (broad SMARTS) is 1. The molecule has 1 aliphatic rings. The molecule has 2 atom stereocenters. The van der Waals surface area contributed by atoms with E-state index in [1.54, 1.807) is 12.1 Å². The van der Waals surface area contributed by atoms with Gasteiger partial charge in [0, 0.05) is 22.6 Å². The Labute approximate surface area is 121 Å². The molecular weight excluding hydrogens is 310 g/mol. The second-order valence-corrected chi connectivity index (χ2v) is 5.94. The molecule has 0 aromatic heterocycles. The summed E-state index contributed by atoms with van der Waals surface area (Å²) in [5, 5.41) is 22.1. The minimum Gasteiger partial charge on any atom is -0.478 e. The molecule has 2 unspecified atom stereocenters. The molecule has 104 valence electrons. The maximum absolute atomic E-state index is 11.0. The summed E-state index contributed by atoms with van der Waals surface area (Å²) in [6, 6.07) is 5.03. The fraction of sp³-hybridized carbons (Fsp3) is 0.500. The number of aromatic carboxylic acids is 1. The van der Waals surface area contributed by atoms with E-state index in [9.17, 15) is 9.90 Å². The van der Waals surface area contributed by atoms with Crippen LogP contribution in [0.3, 0.4) is 0 Å². The van der Waals surface area contributed by atoms with E-state index in [4.69, 9.17) is 5.11 Å². The molecule has 2 rings (SSSR count). The zero-order valence-electron chi connectivity index (χ0n) is 10.6. The van der Waals surface area contributed by atoms with Crippen LogP contribution in [0, 0.1) is 5.92 Å². The number of benzene rings is 1. The molecule has 0 aliphatic heterocycles. The van der Waals surface area contributed by atoms with E-state index in [1.165, 1.54) is 0 Å². The van der Waals surface area contributed by atoms with Gasteiger partial charge in [-0.15, -0.1) is 0 Å². The van der Waals surface area contributed by atoms with Crippen molar-refractivity contribution in [2.24, 2.45) is 5.92 Å². The number of aliphatic hydroxyl groups excluding tert-OH is 1. The number of carbonyl (C=O) groups is 1. The van der Waals surface area contributed by atoms with Crippen molar-refractivity contribution < 1.29 is 15.0 Å². The van der Waals surface area contributed by atoms with Gasteiger partial charge in [0.25, 0.3) is 0 Å². The first-order valence-electron chi connectivity index (χ1n) is 6.52. The highest BCUT2D eigenvalue weighted by Gasteiger charge is 2.22. The number of hydrogen-bond acceptors (Lipinski definition) is 3. The van der Waals surface area contributed by atoms with Gasteiger partial charge in [0.1, 0.15) is 0 Å². The molecule has 5 heteroatoms. The highest BCUT2D eigenvalue weighted by Crippen LogP contribution is 2.26. The van der Waals surface area contributed by atoms with Gasteiger partial charge < -0.3 is 15.5 Å². The lowest BCUT2D eigenvalue weighted by Gasteiger charge is -2.28. The molecule has 0 bridgehead atoms. The topological polar surface area (TPSA) is 69.6 Å². The van der Waals surface area contributed by atoms with Crippen molar-refractivity contribution in [2.75, 3.05) is 11.9 Å². The van der Waals surface area contributed by atoms with Crippen LogP contribution in [0.5, 0.6) is 0 Å². The summed E-state index contributed by atoms with van der Waals surface area (Å²) in [5.74, 6) is -0.692. The van der Waals surface area contributed by atoms with Gasteiger partial charge in [-0.25, -0.2) is 4.79 Å². The summed E-state index contributed by atoms with van der Waals surface area (Å²) < 4.78 is 0.735. The maximum atomic E-state index is 11.0. The third-order valence-electron chi connectivity index (χ3n) is 3.58. The minimum atomic E-state index is -0.943. The van der Waals surface area contributed by atoms with Crippen LogP contribution < -0.4 is 5.32 Å². The lowest BCUT2D eigenvalue weighted by Crippen LogP contribution is -2.30. The highest BCUT2D eigenvalue weighted by atomic mass is 79.9. The summed E-state index contributed by atoms with van der Waals surface area (Å²) >= 11 is 3.31. The SMILES string of the molecule is O=C(O)c1cc(Br)cc(NCC2CCCCC2O)c1. The van der Waals surface area contributed by atoms with Crippen LogP contribution in [0.25, 0.3) is 0 Å². The van der Waals surface area contributed by atoms with E-state index in [2.05, 4.69) is 21.2 Å². The summed E-state index contributed by atoms with van der Waals surface area (Å²) in [4.78, 5) is 11.0. The van der Waals surface area contributed by atoms with Gasteiger partial charge in [-0.05, 0) is 31.0 Å². The molecule has 0 saturated heterocycles. The van der Waals surface area contributed by atoms with Gasteiger partial charge in [-0.3, -0.25) is 0 Å². The van der Waals surface area contributed by atoms with Crippen molar-refractivity contribution in [1.29, 1.82) is 0 Å². The lowest BCUT2D eigenvalue weighted by molar-refractivity contribution is 0.0696. The lowest BCUT2D eigenvalue weighted by atomic mass is 9.86. The molecule has 0 heterocycles. The average molecular weight is 328 g/mol. The Balaban J connectivity index is 2.00. The zero-order valence-corrected chi connectivity index (χ0v) is 12.2. The molecular formula is C14H18BrNO3. The van der Waals surface area contributed by atoms with Gasteiger partial charge in [-0.1, -0.05) is 28.8 Å². The van der Waals surface area contributed by atoms with Crippen LogP contribution in [0.4, 0.5) is 5.69 Å². The number of carboxylic acids is 1. The molecule has 1 aromatic rings.